The van der Waals surface area contributed by atoms with Gasteiger partial charge in [-0.3, -0.25) is 4.79 Å². The summed E-state index contributed by atoms with van der Waals surface area (Å²) in [5.41, 5.74) is 1.83. The molecule has 3 nitrogen and oxygen atoms in total. The fourth-order valence-corrected chi connectivity index (χ4v) is 4.56. The number of nitrogens with one attached hydrogen (secondary N) is 1. The molecule has 2 bridgehead atoms. The van der Waals surface area contributed by atoms with Gasteiger partial charge >= 0.3 is 0 Å². The molecule has 0 saturated heterocycles. The van der Waals surface area contributed by atoms with E-state index in [0.717, 1.165) is 17.9 Å². The van der Waals surface area contributed by atoms with Crippen molar-refractivity contribution in [1.82, 2.24) is 5.32 Å². The molecular weight excluding hydrogens is 293 g/mol. The smallest absolute Gasteiger partial charge is 0.207 e. The molecule has 0 aliphatic heterocycles. The number of benzene rings is 1. The minimum atomic E-state index is -0.325. The molecule has 4 unspecified atom stereocenters. The summed E-state index contributed by atoms with van der Waals surface area (Å²) >= 11 is 0. The predicted molar refractivity (Wildman–Crippen MR) is 87.6 cm³/mol. The molecule has 3 aliphatic rings. The molecule has 1 amide bonds. The van der Waals surface area contributed by atoms with E-state index in [2.05, 4.69) is 26.1 Å². The fourth-order valence-electron chi connectivity index (χ4n) is 4.56. The predicted octanol–water partition coefficient (Wildman–Crippen LogP) is 3.83. The van der Waals surface area contributed by atoms with Crippen LogP contribution in [0, 0.1) is 35.9 Å². The minimum absolute atomic E-state index is 0.170. The van der Waals surface area contributed by atoms with Gasteiger partial charge in [0.15, 0.2) is 0 Å². The van der Waals surface area contributed by atoms with Crippen molar-refractivity contribution in [3.8, 4) is 5.75 Å². The van der Waals surface area contributed by atoms with Gasteiger partial charge in [-0.2, -0.15) is 0 Å². The minimum Gasteiger partial charge on any atom is -0.490 e. The molecule has 23 heavy (non-hydrogen) atoms. The number of rotatable bonds is 5. The van der Waals surface area contributed by atoms with Crippen molar-refractivity contribution < 1.29 is 13.9 Å². The van der Waals surface area contributed by atoms with Crippen LogP contribution < -0.4 is 10.1 Å². The first-order valence-corrected chi connectivity index (χ1v) is 8.47. The van der Waals surface area contributed by atoms with Crippen LogP contribution in [0.15, 0.2) is 12.1 Å². The van der Waals surface area contributed by atoms with Crippen LogP contribution in [0.4, 0.5) is 4.39 Å². The second-order valence-corrected chi connectivity index (χ2v) is 7.82. The SMILES string of the molecule is Cc1cc(CNC=O)c(F)cc1OC1CC2CC(C1C)C2(C)C. The summed E-state index contributed by atoms with van der Waals surface area (Å²) in [7, 11) is 0. The van der Waals surface area contributed by atoms with Crippen molar-refractivity contribution in [2.45, 2.75) is 53.2 Å². The Hall–Kier alpha value is -1.58. The number of halogens is 1. The van der Waals surface area contributed by atoms with Crippen molar-refractivity contribution in [3.05, 3.63) is 29.1 Å². The van der Waals surface area contributed by atoms with Gasteiger partial charge < -0.3 is 10.1 Å². The third kappa shape index (κ3) is 2.73. The lowest BCUT2D eigenvalue weighted by atomic mass is 9.45. The fraction of sp³-hybridized carbons (Fsp3) is 0.632. The van der Waals surface area contributed by atoms with Crippen molar-refractivity contribution in [2.24, 2.45) is 23.2 Å². The summed E-state index contributed by atoms with van der Waals surface area (Å²) in [5.74, 6) is 2.22. The Balaban J connectivity index is 1.74. The molecule has 4 rings (SSSR count). The van der Waals surface area contributed by atoms with E-state index in [1.807, 2.05) is 6.92 Å². The Bertz CT molecular complexity index is 614. The van der Waals surface area contributed by atoms with Gasteiger partial charge in [-0.25, -0.2) is 4.39 Å². The second kappa shape index (κ2) is 5.81. The number of carbonyl (C=O) groups is 1. The first-order chi connectivity index (χ1) is 10.8. The first-order valence-electron chi connectivity index (χ1n) is 8.47. The lowest BCUT2D eigenvalue weighted by molar-refractivity contribution is -0.147. The van der Waals surface area contributed by atoms with Gasteiger partial charge in [0.2, 0.25) is 6.41 Å². The number of hydrogen-bond acceptors (Lipinski definition) is 2. The van der Waals surface area contributed by atoms with E-state index in [9.17, 15) is 9.18 Å². The molecule has 3 saturated carbocycles. The normalized spacial score (nSPS) is 31.2. The highest BCUT2D eigenvalue weighted by atomic mass is 19.1. The van der Waals surface area contributed by atoms with Crippen LogP contribution in [0.3, 0.4) is 0 Å². The molecule has 0 aromatic heterocycles. The van der Waals surface area contributed by atoms with Crippen molar-refractivity contribution >= 4 is 6.41 Å². The summed E-state index contributed by atoms with van der Waals surface area (Å²) in [5, 5.41) is 2.50. The monoisotopic (exact) mass is 319 g/mol. The van der Waals surface area contributed by atoms with Crippen molar-refractivity contribution in [3.63, 3.8) is 0 Å². The number of fused-ring (bicyclic) bond motifs is 2. The maximum absolute atomic E-state index is 14.2. The largest absolute Gasteiger partial charge is 0.490 e. The maximum atomic E-state index is 14.2. The van der Waals surface area contributed by atoms with Crippen LogP contribution >= 0.6 is 0 Å². The maximum Gasteiger partial charge on any atom is 0.207 e. The number of carbonyl (C=O) groups excluding carboxylic acids is 1. The average Bonchev–Trinajstić information content (AvgIpc) is 2.50. The Morgan fingerprint density at radius 3 is 2.74 bits per heavy atom. The molecule has 0 heterocycles. The Morgan fingerprint density at radius 2 is 2.13 bits per heavy atom. The van der Waals surface area contributed by atoms with Gasteiger partial charge in [0, 0.05) is 18.2 Å². The highest BCUT2D eigenvalue weighted by Gasteiger charge is 2.57. The standard InChI is InChI=1S/C19H26FNO2/c1-11-5-13(9-21-10-22)16(20)8-17(11)23-18-7-14-6-15(12(18)2)19(14,3)4/h5,8,10,12,14-15,18H,6-7,9H2,1-4H3,(H,21,22). The lowest BCUT2D eigenvalue weighted by Gasteiger charge is -2.61. The molecule has 0 radical (unpaired) electrons. The second-order valence-electron chi connectivity index (χ2n) is 7.82. The third-order valence-electron chi connectivity index (χ3n) is 6.28. The van der Waals surface area contributed by atoms with Gasteiger partial charge in [0.05, 0.1) is 0 Å². The van der Waals surface area contributed by atoms with E-state index in [1.165, 1.54) is 12.5 Å². The Kier molecular flexibility index (Phi) is 4.11. The molecule has 1 N–H and O–H groups in total. The molecule has 4 atom stereocenters. The molecule has 3 aliphatic carbocycles. The summed E-state index contributed by atoms with van der Waals surface area (Å²) < 4.78 is 20.4. The van der Waals surface area contributed by atoms with E-state index in [-0.39, 0.29) is 18.5 Å². The van der Waals surface area contributed by atoms with Crippen LogP contribution in [0.5, 0.6) is 5.75 Å². The average molecular weight is 319 g/mol. The zero-order chi connectivity index (χ0) is 16.8. The molecule has 4 heteroatoms. The molecule has 126 valence electrons. The van der Waals surface area contributed by atoms with Crippen molar-refractivity contribution in [1.29, 1.82) is 0 Å². The van der Waals surface area contributed by atoms with Crippen molar-refractivity contribution in [2.75, 3.05) is 0 Å². The van der Waals surface area contributed by atoms with E-state index in [0.29, 0.717) is 35.0 Å². The third-order valence-corrected chi connectivity index (χ3v) is 6.28. The van der Waals surface area contributed by atoms with E-state index < -0.39 is 0 Å². The Morgan fingerprint density at radius 1 is 1.39 bits per heavy atom. The van der Waals surface area contributed by atoms with Gasteiger partial charge in [-0.15, -0.1) is 0 Å². The summed E-state index contributed by atoms with van der Waals surface area (Å²) in [6.45, 7) is 9.11. The highest BCUT2D eigenvalue weighted by Crippen LogP contribution is 2.61. The van der Waals surface area contributed by atoms with E-state index >= 15 is 0 Å². The number of aryl methyl sites for hydroxylation is 1. The van der Waals surface area contributed by atoms with Crippen LogP contribution in [-0.4, -0.2) is 12.5 Å². The summed E-state index contributed by atoms with van der Waals surface area (Å²) in [6, 6.07) is 3.23. The lowest BCUT2D eigenvalue weighted by Crippen LogP contribution is -2.58. The zero-order valence-corrected chi connectivity index (χ0v) is 14.4. The number of amides is 1. The van der Waals surface area contributed by atoms with Crippen LogP contribution in [0.2, 0.25) is 0 Å². The topological polar surface area (TPSA) is 38.3 Å². The van der Waals surface area contributed by atoms with Crippen LogP contribution in [-0.2, 0) is 11.3 Å². The van der Waals surface area contributed by atoms with Crippen LogP contribution in [0.25, 0.3) is 0 Å². The highest BCUT2D eigenvalue weighted by molar-refractivity contribution is 5.47. The Labute approximate surface area is 137 Å². The van der Waals surface area contributed by atoms with Crippen LogP contribution in [0.1, 0.15) is 44.7 Å². The zero-order valence-electron chi connectivity index (χ0n) is 14.4. The molecular formula is C19H26FNO2. The van der Waals surface area contributed by atoms with Gasteiger partial charge in [-0.1, -0.05) is 20.8 Å². The van der Waals surface area contributed by atoms with E-state index in [1.54, 1.807) is 6.07 Å². The summed E-state index contributed by atoms with van der Waals surface area (Å²) in [6.07, 6.45) is 3.11. The van der Waals surface area contributed by atoms with E-state index in [4.69, 9.17) is 4.74 Å². The molecule has 3 fully saturated rings. The number of ether oxygens (including phenoxy) is 1. The summed E-state index contributed by atoms with van der Waals surface area (Å²) in [4.78, 5) is 10.4. The first kappa shape index (κ1) is 16.3. The molecule has 1 aromatic rings. The molecule has 1 aromatic carbocycles. The number of hydrogen-bond donors (Lipinski definition) is 1. The van der Waals surface area contributed by atoms with Gasteiger partial charge in [-0.05, 0) is 54.6 Å². The quantitative estimate of drug-likeness (QED) is 0.838. The van der Waals surface area contributed by atoms with Gasteiger partial charge in [0.1, 0.15) is 17.7 Å². The molecule has 0 spiro atoms. The van der Waals surface area contributed by atoms with Gasteiger partial charge in [0.25, 0.3) is 0 Å².